The second-order valence-electron chi connectivity index (χ2n) is 5.91. The number of ether oxygens (including phenoxy) is 3. The van der Waals surface area contributed by atoms with E-state index in [0.29, 0.717) is 28.8 Å². The lowest BCUT2D eigenvalue weighted by atomic mass is 10.1. The number of thiazole rings is 1. The van der Waals surface area contributed by atoms with Crippen molar-refractivity contribution in [3.63, 3.8) is 0 Å². The number of hydrogen-bond donors (Lipinski definition) is 1. The number of benzene rings is 2. The lowest BCUT2D eigenvalue weighted by Gasteiger charge is -2.10. The van der Waals surface area contributed by atoms with Crippen LogP contribution in [-0.2, 0) is 0 Å². The number of anilines is 1. The van der Waals surface area contributed by atoms with E-state index in [1.165, 1.54) is 11.3 Å². The van der Waals surface area contributed by atoms with Gasteiger partial charge in [-0.3, -0.25) is 10.1 Å². The summed E-state index contributed by atoms with van der Waals surface area (Å²) in [5.41, 5.74) is 2.29. The molecule has 1 aromatic heterocycles. The lowest BCUT2D eigenvalue weighted by molar-refractivity contribution is 0.102. The van der Waals surface area contributed by atoms with Gasteiger partial charge in [0.15, 0.2) is 16.6 Å². The van der Waals surface area contributed by atoms with Gasteiger partial charge in [0.2, 0.25) is 0 Å². The average molecular weight is 398 g/mol. The molecule has 0 spiro atoms. The molecule has 0 bridgehead atoms. The fourth-order valence-electron chi connectivity index (χ4n) is 2.72. The minimum atomic E-state index is -0.251. The number of aryl methyl sites for hydroxylation is 1. The van der Waals surface area contributed by atoms with Gasteiger partial charge in [0.25, 0.3) is 5.91 Å². The first kappa shape index (κ1) is 19.7. The van der Waals surface area contributed by atoms with Crippen molar-refractivity contribution in [2.45, 2.75) is 13.8 Å². The number of nitrogens with one attached hydrogen (secondary N) is 1. The van der Waals surface area contributed by atoms with Crippen LogP contribution >= 0.6 is 11.3 Å². The van der Waals surface area contributed by atoms with Crippen molar-refractivity contribution in [3.8, 4) is 28.5 Å². The highest BCUT2D eigenvalue weighted by molar-refractivity contribution is 7.16. The molecule has 3 aromatic rings. The number of hydrogen-bond acceptors (Lipinski definition) is 6. The predicted octanol–water partition coefficient (Wildman–Crippen LogP) is 4.79. The number of amides is 1. The molecule has 0 atom stereocenters. The maximum Gasteiger partial charge on any atom is 0.257 e. The number of carbonyl (C=O) groups is 1. The van der Waals surface area contributed by atoms with E-state index in [9.17, 15) is 4.79 Å². The van der Waals surface area contributed by atoms with Crippen LogP contribution in [0.2, 0.25) is 0 Å². The Balaban J connectivity index is 1.80. The number of rotatable bonds is 7. The Morgan fingerprint density at radius 3 is 2.46 bits per heavy atom. The predicted molar refractivity (Wildman–Crippen MR) is 111 cm³/mol. The molecule has 7 heteroatoms. The monoisotopic (exact) mass is 398 g/mol. The topological polar surface area (TPSA) is 69.7 Å². The minimum Gasteiger partial charge on any atom is -0.497 e. The standard InChI is InChI=1S/C21H22N2O4S/c1-5-27-18-12-15(8-11-17(18)26-4)20(24)23-21-22-19(13(2)28-21)14-6-9-16(25-3)10-7-14/h6-12H,5H2,1-4H3,(H,22,23,24). The second-order valence-corrected chi connectivity index (χ2v) is 7.11. The van der Waals surface area contributed by atoms with Crippen LogP contribution in [0.1, 0.15) is 22.2 Å². The van der Waals surface area contributed by atoms with E-state index in [1.807, 2.05) is 38.1 Å². The Morgan fingerprint density at radius 1 is 1.07 bits per heavy atom. The summed E-state index contributed by atoms with van der Waals surface area (Å²) in [7, 11) is 3.20. The first-order valence-corrected chi connectivity index (χ1v) is 9.61. The van der Waals surface area contributed by atoms with Crippen LogP contribution in [0.5, 0.6) is 17.2 Å². The van der Waals surface area contributed by atoms with Crippen molar-refractivity contribution in [2.75, 3.05) is 26.1 Å². The van der Waals surface area contributed by atoms with Crippen LogP contribution < -0.4 is 19.5 Å². The number of nitrogens with zero attached hydrogens (tertiary/aromatic N) is 1. The third-order valence-corrected chi connectivity index (χ3v) is 4.99. The molecule has 0 aliphatic rings. The van der Waals surface area contributed by atoms with Gasteiger partial charge < -0.3 is 14.2 Å². The zero-order valence-electron chi connectivity index (χ0n) is 16.2. The maximum absolute atomic E-state index is 12.7. The van der Waals surface area contributed by atoms with Crippen molar-refractivity contribution >= 4 is 22.4 Å². The normalized spacial score (nSPS) is 10.4. The van der Waals surface area contributed by atoms with Gasteiger partial charge in [-0.25, -0.2) is 4.98 Å². The van der Waals surface area contributed by atoms with Gasteiger partial charge >= 0.3 is 0 Å². The molecule has 2 aromatic carbocycles. The molecule has 146 valence electrons. The molecule has 0 saturated heterocycles. The van der Waals surface area contributed by atoms with Gasteiger partial charge in [0, 0.05) is 16.0 Å². The number of carbonyl (C=O) groups excluding carboxylic acids is 1. The van der Waals surface area contributed by atoms with E-state index < -0.39 is 0 Å². The van der Waals surface area contributed by atoms with E-state index in [4.69, 9.17) is 14.2 Å². The minimum absolute atomic E-state index is 0.251. The highest BCUT2D eigenvalue weighted by Gasteiger charge is 2.15. The summed E-state index contributed by atoms with van der Waals surface area (Å²) in [6, 6.07) is 12.8. The van der Waals surface area contributed by atoms with E-state index in [1.54, 1.807) is 32.4 Å². The van der Waals surface area contributed by atoms with Crippen LogP contribution in [0.3, 0.4) is 0 Å². The Hall–Kier alpha value is -3.06. The van der Waals surface area contributed by atoms with Crippen LogP contribution in [-0.4, -0.2) is 31.7 Å². The van der Waals surface area contributed by atoms with Crippen molar-refractivity contribution < 1.29 is 19.0 Å². The van der Waals surface area contributed by atoms with Crippen molar-refractivity contribution in [1.82, 2.24) is 4.98 Å². The van der Waals surface area contributed by atoms with E-state index in [-0.39, 0.29) is 5.91 Å². The van der Waals surface area contributed by atoms with Crippen LogP contribution in [0.25, 0.3) is 11.3 Å². The molecule has 28 heavy (non-hydrogen) atoms. The van der Waals surface area contributed by atoms with Gasteiger partial charge in [-0.15, -0.1) is 11.3 Å². The number of methoxy groups -OCH3 is 2. The third kappa shape index (κ3) is 4.26. The molecule has 6 nitrogen and oxygen atoms in total. The van der Waals surface area contributed by atoms with E-state index in [2.05, 4.69) is 10.3 Å². The first-order chi connectivity index (χ1) is 13.5. The Morgan fingerprint density at radius 2 is 1.82 bits per heavy atom. The molecular formula is C21H22N2O4S. The average Bonchev–Trinajstić information content (AvgIpc) is 3.08. The summed E-state index contributed by atoms with van der Waals surface area (Å²) in [5, 5.41) is 3.41. The summed E-state index contributed by atoms with van der Waals surface area (Å²) in [6.45, 7) is 4.34. The molecule has 1 heterocycles. The molecule has 1 N–H and O–H groups in total. The van der Waals surface area contributed by atoms with E-state index in [0.717, 1.165) is 21.9 Å². The zero-order chi connectivity index (χ0) is 20.1. The molecule has 0 saturated carbocycles. The molecule has 0 aliphatic heterocycles. The van der Waals surface area contributed by atoms with Crippen molar-refractivity contribution in [1.29, 1.82) is 0 Å². The highest BCUT2D eigenvalue weighted by atomic mass is 32.1. The molecule has 1 amide bonds. The summed E-state index contributed by atoms with van der Waals surface area (Å²) in [5.74, 6) is 1.66. The quantitative estimate of drug-likeness (QED) is 0.620. The highest BCUT2D eigenvalue weighted by Crippen LogP contribution is 2.32. The summed E-state index contributed by atoms with van der Waals surface area (Å²) < 4.78 is 16.0. The zero-order valence-corrected chi connectivity index (χ0v) is 17.1. The molecule has 0 unspecified atom stereocenters. The Bertz CT molecular complexity index is 967. The van der Waals surface area contributed by atoms with Gasteiger partial charge in [0.1, 0.15) is 5.75 Å². The summed E-state index contributed by atoms with van der Waals surface area (Å²) in [4.78, 5) is 18.3. The molecular weight excluding hydrogens is 376 g/mol. The van der Waals surface area contributed by atoms with Crippen LogP contribution in [0.4, 0.5) is 5.13 Å². The second kappa shape index (κ2) is 8.75. The molecule has 3 rings (SSSR count). The van der Waals surface area contributed by atoms with Crippen LogP contribution in [0.15, 0.2) is 42.5 Å². The van der Waals surface area contributed by atoms with Gasteiger partial charge in [-0.05, 0) is 56.3 Å². The summed E-state index contributed by atoms with van der Waals surface area (Å²) >= 11 is 1.43. The van der Waals surface area contributed by atoms with Crippen molar-refractivity contribution in [3.05, 3.63) is 52.9 Å². The largest absolute Gasteiger partial charge is 0.497 e. The number of aromatic nitrogens is 1. The molecule has 0 aliphatic carbocycles. The fourth-order valence-corrected chi connectivity index (χ4v) is 3.55. The van der Waals surface area contributed by atoms with Gasteiger partial charge in [-0.2, -0.15) is 0 Å². The first-order valence-electron chi connectivity index (χ1n) is 8.79. The Labute approximate surface area is 168 Å². The lowest BCUT2D eigenvalue weighted by Crippen LogP contribution is -2.12. The third-order valence-electron chi connectivity index (χ3n) is 4.11. The van der Waals surface area contributed by atoms with Crippen LogP contribution in [0, 0.1) is 6.92 Å². The fraction of sp³-hybridized carbons (Fsp3) is 0.238. The smallest absolute Gasteiger partial charge is 0.257 e. The molecule has 0 radical (unpaired) electrons. The van der Waals surface area contributed by atoms with Crippen molar-refractivity contribution in [2.24, 2.45) is 0 Å². The van der Waals surface area contributed by atoms with Gasteiger partial charge in [0.05, 0.1) is 26.5 Å². The molecule has 0 fully saturated rings. The summed E-state index contributed by atoms with van der Waals surface area (Å²) in [6.07, 6.45) is 0. The SMILES string of the molecule is CCOc1cc(C(=O)Nc2nc(-c3ccc(OC)cc3)c(C)s2)ccc1OC. The maximum atomic E-state index is 12.7. The Kier molecular flexibility index (Phi) is 6.16. The van der Waals surface area contributed by atoms with Gasteiger partial charge in [-0.1, -0.05) is 0 Å². The van der Waals surface area contributed by atoms with E-state index >= 15 is 0 Å².